The summed E-state index contributed by atoms with van der Waals surface area (Å²) < 4.78 is 3.52. The number of aromatic nitrogens is 4. The van der Waals surface area contributed by atoms with Crippen molar-refractivity contribution in [2.45, 2.75) is 12.5 Å². The normalized spacial score (nSPS) is 12.1. The van der Waals surface area contributed by atoms with Gasteiger partial charge in [-0.1, -0.05) is 11.6 Å². The Morgan fingerprint density at radius 2 is 2.16 bits per heavy atom. The maximum absolute atomic E-state index is 12.9. The molecule has 0 aliphatic carbocycles. The van der Waals surface area contributed by atoms with E-state index in [1.807, 2.05) is 35.3 Å². The SMILES string of the molecule is CSCCC(C(=O)Nc1cc(Cl)ccc1-n1cncn1)n1cccc1. The molecule has 0 saturated carbocycles. The lowest BCUT2D eigenvalue weighted by Crippen LogP contribution is -2.26. The maximum Gasteiger partial charge on any atom is 0.247 e. The van der Waals surface area contributed by atoms with Crippen molar-refractivity contribution in [2.75, 3.05) is 17.3 Å². The fourth-order valence-electron chi connectivity index (χ4n) is 2.56. The van der Waals surface area contributed by atoms with Gasteiger partial charge in [-0.25, -0.2) is 9.67 Å². The zero-order chi connectivity index (χ0) is 17.6. The highest BCUT2D eigenvalue weighted by Gasteiger charge is 2.21. The molecule has 0 aliphatic heterocycles. The molecule has 8 heteroatoms. The summed E-state index contributed by atoms with van der Waals surface area (Å²) in [6.07, 6.45) is 9.60. The first-order chi connectivity index (χ1) is 12.2. The summed E-state index contributed by atoms with van der Waals surface area (Å²) in [6.45, 7) is 0. The summed E-state index contributed by atoms with van der Waals surface area (Å²) in [4.78, 5) is 16.9. The predicted octanol–water partition coefficient (Wildman–Crippen LogP) is 3.66. The summed E-state index contributed by atoms with van der Waals surface area (Å²) in [5.74, 6) is 0.802. The molecule has 25 heavy (non-hydrogen) atoms. The van der Waals surface area contributed by atoms with Crippen molar-refractivity contribution in [1.29, 1.82) is 0 Å². The Labute approximate surface area is 155 Å². The molecule has 3 rings (SSSR count). The first kappa shape index (κ1) is 17.6. The Morgan fingerprint density at radius 3 is 2.84 bits per heavy atom. The summed E-state index contributed by atoms with van der Waals surface area (Å²) in [6, 6.07) is 8.83. The Kier molecular flexibility index (Phi) is 5.78. The lowest BCUT2D eigenvalue weighted by molar-refractivity contribution is -0.119. The fourth-order valence-corrected chi connectivity index (χ4v) is 3.19. The number of hydrogen-bond acceptors (Lipinski definition) is 4. The van der Waals surface area contributed by atoms with Crippen LogP contribution in [0.2, 0.25) is 5.02 Å². The van der Waals surface area contributed by atoms with Crippen molar-refractivity contribution in [3.8, 4) is 5.69 Å². The lowest BCUT2D eigenvalue weighted by Gasteiger charge is -2.19. The van der Waals surface area contributed by atoms with Crippen molar-refractivity contribution in [2.24, 2.45) is 0 Å². The van der Waals surface area contributed by atoms with Gasteiger partial charge in [-0.05, 0) is 48.8 Å². The predicted molar refractivity (Wildman–Crippen MR) is 101 cm³/mol. The summed E-state index contributed by atoms with van der Waals surface area (Å²) in [5.41, 5.74) is 1.32. The molecule has 1 aromatic carbocycles. The van der Waals surface area contributed by atoms with E-state index in [0.717, 1.165) is 12.2 Å². The molecule has 0 radical (unpaired) electrons. The minimum Gasteiger partial charge on any atom is -0.342 e. The Balaban J connectivity index is 1.87. The third-order valence-electron chi connectivity index (χ3n) is 3.77. The first-order valence-corrected chi connectivity index (χ1v) is 9.53. The second-order valence-corrected chi connectivity index (χ2v) is 6.84. The molecule has 0 aliphatic rings. The average molecular weight is 376 g/mol. The fraction of sp³-hybridized carbons (Fsp3) is 0.235. The lowest BCUT2D eigenvalue weighted by atomic mass is 10.2. The van der Waals surface area contributed by atoms with E-state index >= 15 is 0 Å². The molecular weight excluding hydrogens is 358 g/mol. The van der Waals surface area contributed by atoms with E-state index in [4.69, 9.17) is 11.6 Å². The number of thioether (sulfide) groups is 1. The van der Waals surface area contributed by atoms with Crippen molar-refractivity contribution in [3.05, 3.63) is 60.4 Å². The molecule has 0 spiro atoms. The van der Waals surface area contributed by atoms with Crippen molar-refractivity contribution < 1.29 is 4.79 Å². The summed E-state index contributed by atoms with van der Waals surface area (Å²) >= 11 is 7.84. The topological polar surface area (TPSA) is 64.7 Å². The van der Waals surface area contributed by atoms with Crippen molar-refractivity contribution >= 4 is 35.0 Å². The largest absolute Gasteiger partial charge is 0.342 e. The van der Waals surface area contributed by atoms with Gasteiger partial charge in [-0.2, -0.15) is 16.9 Å². The van der Waals surface area contributed by atoms with Gasteiger partial charge in [0.15, 0.2) is 0 Å². The molecule has 1 N–H and O–H groups in total. The minimum atomic E-state index is -0.287. The Bertz CT molecular complexity index is 820. The smallest absolute Gasteiger partial charge is 0.247 e. The van der Waals surface area contributed by atoms with Crippen LogP contribution in [0.3, 0.4) is 0 Å². The van der Waals surface area contributed by atoms with Crippen molar-refractivity contribution in [1.82, 2.24) is 19.3 Å². The van der Waals surface area contributed by atoms with Crippen molar-refractivity contribution in [3.63, 3.8) is 0 Å². The van der Waals surface area contributed by atoms with E-state index in [2.05, 4.69) is 15.4 Å². The number of carbonyl (C=O) groups excluding carboxylic acids is 1. The van der Waals surface area contributed by atoms with E-state index < -0.39 is 0 Å². The quantitative estimate of drug-likeness (QED) is 0.684. The third kappa shape index (κ3) is 4.24. The maximum atomic E-state index is 12.9. The molecule has 1 atom stereocenters. The highest BCUT2D eigenvalue weighted by Crippen LogP contribution is 2.26. The summed E-state index contributed by atoms with van der Waals surface area (Å²) in [5, 5.41) is 7.67. The number of amides is 1. The zero-order valence-electron chi connectivity index (χ0n) is 13.7. The minimum absolute atomic E-state index is 0.0890. The number of anilines is 1. The van der Waals surface area contributed by atoms with E-state index in [-0.39, 0.29) is 11.9 Å². The molecule has 1 amide bonds. The number of benzene rings is 1. The number of nitrogens with one attached hydrogen (secondary N) is 1. The van der Waals surface area contributed by atoms with Crippen LogP contribution in [0.4, 0.5) is 5.69 Å². The Hall–Kier alpha value is -2.25. The standard InChI is InChI=1S/C17H18ClN5OS/c1-25-9-6-16(22-7-2-3-8-22)17(24)21-14-10-13(18)4-5-15(14)23-12-19-11-20-23/h2-5,7-8,10-12,16H,6,9H2,1H3,(H,21,24). The van der Waals surface area contributed by atoms with Crippen LogP contribution in [0.5, 0.6) is 0 Å². The number of rotatable bonds is 7. The van der Waals surface area contributed by atoms with Crippen LogP contribution in [0, 0.1) is 0 Å². The zero-order valence-corrected chi connectivity index (χ0v) is 15.2. The monoisotopic (exact) mass is 375 g/mol. The highest BCUT2D eigenvalue weighted by molar-refractivity contribution is 7.98. The van der Waals surface area contributed by atoms with Crippen LogP contribution >= 0.6 is 23.4 Å². The van der Waals surface area contributed by atoms with Gasteiger partial charge in [-0.15, -0.1) is 0 Å². The molecule has 130 valence electrons. The van der Waals surface area contributed by atoms with Crippen LogP contribution < -0.4 is 5.32 Å². The van der Waals surface area contributed by atoms with Gasteiger partial charge in [0, 0.05) is 17.4 Å². The molecule has 1 unspecified atom stereocenters. The molecule has 2 heterocycles. The van der Waals surface area contributed by atoms with E-state index in [1.165, 1.54) is 6.33 Å². The third-order valence-corrected chi connectivity index (χ3v) is 4.65. The van der Waals surface area contributed by atoms with Gasteiger partial charge in [-0.3, -0.25) is 4.79 Å². The van der Waals surface area contributed by atoms with Gasteiger partial charge < -0.3 is 9.88 Å². The number of halogens is 1. The summed E-state index contributed by atoms with van der Waals surface area (Å²) in [7, 11) is 0. The van der Waals surface area contributed by atoms with Crippen LogP contribution in [0.25, 0.3) is 5.69 Å². The van der Waals surface area contributed by atoms with Crippen LogP contribution in [-0.4, -0.2) is 37.2 Å². The van der Waals surface area contributed by atoms with Gasteiger partial charge in [0.1, 0.15) is 18.7 Å². The molecule has 0 bridgehead atoms. The molecule has 6 nitrogen and oxygen atoms in total. The molecule has 3 aromatic rings. The molecule has 0 fully saturated rings. The van der Waals surface area contributed by atoms with Gasteiger partial charge in [0.25, 0.3) is 0 Å². The molecule has 0 saturated heterocycles. The van der Waals surface area contributed by atoms with E-state index in [1.54, 1.807) is 41.0 Å². The van der Waals surface area contributed by atoms with Crippen LogP contribution in [0.1, 0.15) is 12.5 Å². The van der Waals surface area contributed by atoms with Crippen LogP contribution in [-0.2, 0) is 4.79 Å². The number of carbonyl (C=O) groups is 1. The second kappa shape index (κ2) is 8.22. The Morgan fingerprint density at radius 1 is 1.36 bits per heavy atom. The first-order valence-electron chi connectivity index (χ1n) is 7.76. The number of hydrogen-bond donors (Lipinski definition) is 1. The van der Waals surface area contributed by atoms with E-state index in [0.29, 0.717) is 16.4 Å². The van der Waals surface area contributed by atoms with Crippen LogP contribution in [0.15, 0.2) is 55.4 Å². The second-order valence-electron chi connectivity index (χ2n) is 5.42. The molecule has 2 aromatic heterocycles. The number of nitrogens with zero attached hydrogens (tertiary/aromatic N) is 4. The average Bonchev–Trinajstić information content (AvgIpc) is 3.29. The van der Waals surface area contributed by atoms with E-state index in [9.17, 15) is 4.79 Å². The van der Waals surface area contributed by atoms with Gasteiger partial charge in [0.2, 0.25) is 5.91 Å². The molecular formula is C17H18ClN5OS. The highest BCUT2D eigenvalue weighted by atomic mass is 35.5. The van der Waals surface area contributed by atoms with Gasteiger partial charge >= 0.3 is 0 Å². The van der Waals surface area contributed by atoms with Gasteiger partial charge in [0.05, 0.1) is 11.4 Å².